The third-order valence-corrected chi connectivity index (χ3v) is 18.3. The largest absolute Gasteiger partial charge is 0.466 e. The van der Waals surface area contributed by atoms with Gasteiger partial charge >= 0.3 is 18.0 Å². The molecule has 0 saturated carbocycles. The SMILES string of the molecule is CC1C(OCCCC(=O)CCCCCCCNC(=O)OCCCOCC(C)(CCCOC(=O)CCCCCCCNC(=O)CCCOC2OC(CO)C(O)C(O)C2C)CCCOC(=O)CCCCCCCNC(=O)CCCOC2OC(CO)C(O)C(O)C2C)OC(CO)C(O)C1O. The second-order valence-corrected chi connectivity index (χ2v) is 26.8. The summed E-state index contributed by atoms with van der Waals surface area (Å²) in [7, 11) is 0. The number of ether oxygens (including phenoxy) is 10. The van der Waals surface area contributed by atoms with Crippen molar-refractivity contribution < 1.29 is 122 Å². The van der Waals surface area contributed by atoms with Gasteiger partial charge in [0, 0.05) is 88.9 Å². The Kier molecular flexibility index (Phi) is 47.0. The van der Waals surface area contributed by atoms with E-state index in [4.69, 9.17) is 47.4 Å². The summed E-state index contributed by atoms with van der Waals surface area (Å²) in [5.41, 5.74) is -0.323. The molecule has 3 amide bonds. The Morgan fingerprint density at radius 2 is 0.711 bits per heavy atom. The van der Waals surface area contributed by atoms with Gasteiger partial charge in [-0.2, -0.15) is 0 Å². The molecule has 0 aromatic rings. The van der Waals surface area contributed by atoms with Crippen LogP contribution in [0, 0.1) is 23.2 Å². The van der Waals surface area contributed by atoms with Crippen LogP contribution >= 0.6 is 0 Å². The van der Waals surface area contributed by atoms with Crippen molar-refractivity contribution in [1.82, 2.24) is 16.0 Å². The first-order valence-electron chi connectivity index (χ1n) is 36.2. The first kappa shape index (κ1) is 87.4. The second kappa shape index (κ2) is 52.2. The molecule has 0 aromatic heterocycles. The van der Waals surface area contributed by atoms with Gasteiger partial charge in [0.2, 0.25) is 11.8 Å². The number of carbonyl (C=O) groups excluding carboxylic acids is 6. The summed E-state index contributed by atoms with van der Waals surface area (Å²) < 4.78 is 56.4. The Morgan fingerprint density at radius 3 is 1.11 bits per heavy atom. The number of esters is 2. The van der Waals surface area contributed by atoms with Gasteiger partial charge in [-0.15, -0.1) is 0 Å². The fraction of sp³-hybridized carbons (Fsp3) is 0.913. The van der Waals surface area contributed by atoms with Gasteiger partial charge in [-0.1, -0.05) is 85.5 Å². The molecular weight excluding hydrogens is 1270 g/mol. The van der Waals surface area contributed by atoms with Crippen LogP contribution in [0.5, 0.6) is 0 Å². The maximum absolute atomic E-state index is 12.7. The highest BCUT2D eigenvalue weighted by molar-refractivity contribution is 5.78. The third kappa shape index (κ3) is 37.1. The third-order valence-electron chi connectivity index (χ3n) is 18.3. The topological polar surface area (TPSA) is 413 Å². The first-order chi connectivity index (χ1) is 46.6. The molecule has 0 spiro atoms. The Labute approximate surface area is 574 Å². The van der Waals surface area contributed by atoms with Crippen molar-refractivity contribution in [2.45, 2.75) is 288 Å². The molecule has 97 heavy (non-hydrogen) atoms. The van der Waals surface area contributed by atoms with E-state index in [1.807, 2.05) is 0 Å². The van der Waals surface area contributed by atoms with E-state index in [1.54, 1.807) is 20.8 Å². The van der Waals surface area contributed by atoms with Crippen molar-refractivity contribution in [3.8, 4) is 0 Å². The highest BCUT2D eigenvalue weighted by Gasteiger charge is 2.45. The summed E-state index contributed by atoms with van der Waals surface area (Å²) in [6.45, 7) is 9.50. The van der Waals surface area contributed by atoms with Crippen LogP contribution in [0.3, 0.4) is 0 Å². The number of rotatable bonds is 56. The van der Waals surface area contributed by atoms with E-state index < -0.39 is 117 Å². The molecule has 3 aliphatic heterocycles. The fourth-order valence-corrected chi connectivity index (χ4v) is 11.8. The first-order valence-corrected chi connectivity index (χ1v) is 36.2. The van der Waals surface area contributed by atoms with Gasteiger partial charge in [0.15, 0.2) is 18.9 Å². The molecule has 3 heterocycles. The predicted octanol–water partition coefficient (Wildman–Crippen LogP) is 4.21. The Morgan fingerprint density at radius 1 is 0.371 bits per heavy atom. The number of hydrogen-bond donors (Lipinski definition) is 12. The monoisotopic (exact) mass is 1400 g/mol. The zero-order chi connectivity index (χ0) is 71.2. The molecule has 0 radical (unpaired) electrons. The molecule has 28 heteroatoms. The lowest BCUT2D eigenvalue weighted by molar-refractivity contribution is -0.282. The summed E-state index contributed by atoms with van der Waals surface area (Å²) in [6.07, 6.45) is 6.42. The number of aliphatic hydroxyl groups is 9. The molecule has 12 N–H and O–H groups in total. The van der Waals surface area contributed by atoms with E-state index in [2.05, 4.69) is 22.9 Å². The minimum atomic E-state index is -1.20. The normalized spacial score (nSPS) is 26.4. The quantitative estimate of drug-likeness (QED) is 0.0230. The van der Waals surface area contributed by atoms with Crippen molar-refractivity contribution in [3.05, 3.63) is 0 Å². The summed E-state index contributed by atoms with van der Waals surface area (Å²) in [5, 5.41) is 97.5. The van der Waals surface area contributed by atoms with Crippen LogP contribution in [0.1, 0.15) is 214 Å². The van der Waals surface area contributed by atoms with E-state index in [0.717, 1.165) is 83.5 Å². The minimum absolute atomic E-state index is 0.0995. The van der Waals surface area contributed by atoms with Crippen LogP contribution in [-0.2, 0) is 71.3 Å². The van der Waals surface area contributed by atoms with Gasteiger partial charge in [0.1, 0.15) is 42.4 Å². The van der Waals surface area contributed by atoms with E-state index >= 15 is 0 Å². The fourth-order valence-electron chi connectivity index (χ4n) is 11.8. The highest BCUT2D eigenvalue weighted by atomic mass is 16.7. The smallest absolute Gasteiger partial charge is 0.407 e. The number of amides is 3. The van der Waals surface area contributed by atoms with Crippen molar-refractivity contribution in [3.63, 3.8) is 0 Å². The van der Waals surface area contributed by atoms with Crippen LogP contribution in [0.25, 0.3) is 0 Å². The van der Waals surface area contributed by atoms with Gasteiger partial charge in [-0.05, 0) is 88.9 Å². The molecule has 28 nitrogen and oxygen atoms in total. The van der Waals surface area contributed by atoms with Crippen LogP contribution in [0.15, 0.2) is 0 Å². The molecule has 3 rings (SSSR count). The number of Topliss-reactive ketones (excluding diaryl/α,β-unsaturated/α-hetero) is 1. The zero-order valence-corrected chi connectivity index (χ0v) is 58.6. The summed E-state index contributed by atoms with van der Waals surface area (Å²) in [6, 6.07) is 0. The maximum Gasteiger partial charge on any atom is 0.407 e. The average Bonchev–Trinajstić information content (AvgIpc) is 0.851. The number of carbonyl (C=O) groups is 6. The molecule has 15 atom stereocenters. The van der Waals surface area contributed by atoms with Crippen molar-refractivity contribution in [1.29, 1.82) is 0 Å². The van der Waals surface area contributed by atoms with Crippen LogP contribution in [0.2, 0.25) is 0 Å². The number of hydrogen-bond acceptors (Lipinski definition) is 25. The molecule has 0 bridgehead atoms. The molecule has 0 aliphatic carbocycles. The Balaban J connectivity index is 1.25. The van der Waals surface area contributed by atoms with Crippen molar-refractivity contribution >= 4 is 35.6 Å². The van der Waals surface area contributed by atoms with Gasteiger partial charge in [0.05, 0.1) is 84.4 Å². The summed E-state index contributed by atoms with van der Waals surface area (Å²) in [4.78, 5) is 74.8. The molecule has 3 aliphatic rings. The second-order valence-electron chi connectivity index (χ2n) is 26.8. The molecule has 3 saturated heterocycles. The summed E-state index contributed by atoms with van der Waals surface area (Å²) in [5.74, 6) is -2.06. The van der Waals surface area contributed by atoms with Crippen molar-refractivity contribution in [2.75, 3.05) is 92.3 Å². The lowest BCUT2D eigenvalue weighted by Gasteiger charge is -2.40. The van der Waals surface area contributed by atoms with E-state index in [9.17, 15) is 74.7 Å². The van der Waals surface area contributed by atoms with Gasteiger partial charge in [0.25, 0.3) is 0 Å². The number of aliphatic hydroxyl groups excluding tert-OH is 9. The average molecular weight is 1400 g/mol. The lowest BCUT2D eigenvalue weighted by atomic mass is 9.82. The molecule has 0 aromatic carbocycles. The molecule has 566 valence electrons. The molecule has 3 fully saturated rings. The maximum atomic E-state index is 12.7. The number of alkyl carbamates (subject to hydrolysis) is 1. The van der Waals surface area contributed by atoms with Crippen LogP contribution in [0.4, 0.5) is 4.79 Å². The Hall–Kier alpha value is -3.82. The van der Waals surface area contributed by atoms with Gasteiger partial charge in [-0.25, -0.2) is 4.79 Å². The highest BCUT2D eigenvalue weighted by Crippen LogP contribution is 2.32. The number of unbranched alkanes of at least 4 members (excludes halogenated alkanes) is 12. The predicted molar refractivity (Wildman–Crippen MR) is 354 cm³/mol. The lowest BCUT2D eigenvalue weighted by Crippen LogP contribution is -2.55. The van der Waals surface area contributed by atoms with Crippen LogP contribution < -0.4 is 16.0 Å². The van der Waals surface area contributed by atoms with Gasteiger partial charge < -0.3 is 109 Å². The van der Waals surface area contributed by atoms with E-state index in [-0.39, 0.29) is 87.4 Å². The standard InChI is InChI=1S/C69H125N3O25/c1-48-59(81)62(84)52(44-73)95-65(48)91-38-20-27-51(76)26-14-8-5-13-19-36-72-68(87)94-43-25-37-88-47-69(4,32-23-41-89-57(79)30-15-9-6-11-17-34-70-55(77)28-21-39-92-66-49(2)60(82)63(85)53(45-74)96-66)33-24-42-90-58(80)31-16-10-7-12-18-35-71-56(78)29-22-40-93-67-50(3)61(83)64(86)54(46-75)97-67/h48-50,52-54,59-67,73-75,81-86H,5-47H2,1-4H3,(H,70,77)(H,71,78)(H,72,87). The van der Waals surface area contributed by atoms with Gasteiger partial charge in [-0.3, -0.25) is 24.0 Å². The van der Waals surface area contributed by atoms with E-state index in [0.29, 0.717) is 123 Å². The minimum Gasteiger partial charge on any atom is -0.466 e. The molecular formula is C69H125N3O25. The zero-order valence-electron chi connectivity index (χ0n) is 58.6. The van der Waals surface area contributed by atoms with Crippen LogP contribution in [-0.4, -0.2) is 248 Å². The number of ketones is 1. The number of nitrogens with one attached hydrogen (secondary N) is 3. The molecule has 15 unspecified atom stereocenters. The van der Waals surface area contributed by atoms with E-state index in [1.165, 1.54) is 0 Å². The van der Waals surface area contributed by atoms with Crippen molar-refractivity contribution in [2.24, 2.45) is 23.2 Å². The Bertz CT molecular complexity index is 2020. The summed E-state index contributed by atoms with van der Waals surface area (Å²) >= 11 is 0.